The Morgan fingerprint density at radius 3 is 2.00 bits per heavy atom. The monoisotopic (exact) mass is 415 g/mol. The van der Waals surface area contributed by atoms with Crippen molar-refractivity contribution >= 4 is 23.5 Å². The summed E-state index contributed by atoms with van der Waals surface area (Å²) in [4.78, 5) is 50.3. The van der Waals surface area contributed by atoms with Gasteiger partial charge in [-0.05, 0) is 23.3 Å². The van der Waals surface area contributed by atoms with Crippen molar-refractivity contribution in [1.29, 1.82) is 0 Å². The lowest BCUT2D eigenvalue weighted by molar-refractivity contribution is -0.133. The van der Waals surface area contributed by atoms with Crippen LogP contribution in [-0.2, 0) is 22.6 Å². The van der Waals surface area contributed by atoms with E-state index in [1.54, 1.807) is 6.20 Å². The summed E-state index contributed by atoms with van der Waals surface area (Å²) in [5.41, 5.74) is 3.40. The van der Waals surface area contributed by atoms with Crippen LogP contribution in [0.25, 0.3) is 0 Å². The molecular formula is C24H17NO6. The third-order valence-electron chi connectivity index (χ3n) is 5.57. The highest BCUT2D eigenvalue weighted by molar-refractivity contribution is 6.31. The number of nitrogens with zero attached hydrogens (tertiary/aromatic N) is 1. The number of esters is 2. The third kappa shape index (κ3) is 2.89. The molecule has 0 saturated heterocycles. The summed E-state index contributed by atoms with van der Waals surface area (Å²) in [5.74, 6) is -2.18. The first-order valence-corrected chi connectivity index (χ1v) is 9.77. The highest BCUT2D eigenvalue weighted by Gasteiger charge is 2.40. The standard InChI is InChI=1S/C24H17NO6/c1-12(26)30-18-7-8-19(31-13(2)27)22-21(18)23(28)16-11-25-10-15-6-4-3-5-14(15)9-17(25)20(16)24(22)29/h3-8,11H,9-10H2,1-2H3. The number of hydrogen-bond acceptors (Lipinski definition) is 6. The maximum absolute atomic E-state index is 13.6. The van der Waals surface area contributed by atoms with E-state index in [0.717, 1.165) is 16.8 Å². The van der Waals surface area contributed by atoms with E-state index in [2.05, 4.69) is 0 Å². The minimum atomic E-state index is -0.625. The Balaban J connectivity index is 1.72. The van der Waals surface area contributed by atoms with Crippen LogP contribution in [0.15, 0.2) is 42.6 Å². The number of hydrogen-bond donors (Lipinski definition) is 0. The van der Waals surface area contributed by atoms with Gasteiger partial charge in [0, 0.05) is 38.7 Å². The molecule has 1 aromatic heterocycles. The summed E-state index contributed by atoms with van der Waals surface area (Å²) in [6.45, 7) is 2.97. The van der Waals surface area contributed by atoms with E-state index in [0.29, 0.717) is 18.5 Å². The molecule has 3 aromatic rings. The van der Waals surface area contributed by atoms with Crippen molar-refractivity contribution in [2.24, 2.45) is 0 Å². The van der Waals surface area contributed by atoms with Gasteiger partial charge in [0.15, 0.2) is 11.6 Å². The fourth-order valence-electron chi connectivity index (χ4n) is 4.36. The molecule has 2 aromatic carbocycles. The molecular weight excluding hydrogens is 398 g/mol. The largest absolute Gasteiger partial charge is 0.426 e. The molecule has 1 aliphatic carbocycles. The molecule has 0 unspecified atom stereocenters. The first-order valence-electron chi connectivity index (χ1n) is 9.77. The van der Waals surface area contributed by atoms with Crippen molar-refractivity contribution in [3.63, 3.8) is 0 Å². The number of carbonyl (C=O) groups excluding carboxylic acids is 4. The van der Waals surface area contributed by atoms with Gasteiger partial charge in [-0.2, -0.15) is 0 Å². The van der Waals surface area contributed by atoms with Gasteiger partial charge in [-0.1, -0.05) is 24.3 Å². The minimum absolute atomic E-state index is 0.0291. The van der Waals surface area contributed by atoms with Crippen LogP contribution < -0.4 is 9.47 Å². The molecule has 1 aliphatic heterocycles. The number of rotatable bonds is 2. The Hall–Kier alpha value is -4.00. The Morgan fingerprint density at radius 2 is 1.39 bits per heavy atom. The van der Waals surface area contributed by atoms with Crippen LogP contribution in [0, 0.1) is 0 Å². The summed E-state index contributed by atoms with van der Waals surface area (Å²) in [7, 11) is 0. The fourth-order valence-corrected chi connectivity index (χ4v) is 4.36. The van der Waals surface area contributed by atoms with Crippen molar-refractivity contribution in [1.82, 2.24) is 4.57 Å². The molecule has 0 fully saturated rings. The van der Waals surface area contributed by atoms with Crippen molar-refractivity contribution in [3.05, 3.63) is 81.7 Å². The van der Waals surface area contributed by atoms with Crippen LogP contribution in [-0.4, -0.2) is 28.1 Å². The average Bonchev–Trinajstić information content (AvgIpc) is 3.09. The zero-order chi connectivity index (χ0) is 21.9. The number of carbonyl (C=O) groups is 4. The fraction of sp³-hybridized carbons (Fsp3) is 0.167. The van der Waals surface area contributed by atoms with Crippen LogP contribution >= 0.6 is 0 Å². The van der Waals surface area contributed by atoms with E-state index in [4.69, 9.17) is 9.47 Å². The maximum atomic E-state index is 13.6. The molecule has 7 heteroatoms. The van der Waals surface area contributed by atoms with E-state index in [9.17, 15) is 19.2 Å². The Labute approximate surface area is 177 Å². The van der Waals surface area contributed by atoms with Gasteiger partial charge >= 0.3 is 11.9 Å². The SMILES string of the molecule is CC(=O)Oc1ccc(OC(C)=O)c2c1C(=O)c1cn3c(c1C2=O)Cc1ccccc1C3. The first-order chi connectivity index (χ1) is 14.8. The summed E-state index contributed by atoms with van der Waals surface area (Å²) < 4.78 is 12.3. The predicted molar refractivity (Wildman–Crippen MR) is 109 cm³/mol. The highest BCUT2D eigenvalue weighted by Crippen LogP contribution is 2.41. The second-order valence-corrected chi connectivity index (χ2v) is 7.60. The van der Waals surface area contributed by atoms with E-state index >= 15 is 0 Å². The number of ether oxygens (including phenoxy) is 2. The number of fused-ring (bicyclic) bond motifs is 5. The van der Waals surface area contributed by atoms with E-state index in [1.807, 2.05) is 28.8 Å². The van der Waals surface area contributed by atoms with Gasteiger partial charge in [0.25, 0.3) is 0 Å². The molecule has 0 N–H and O–H groups in total. The molecule has 0 radical (unpaired) electrons. The third-order valence-corrected chi connectivity index (χ3v) is 5.57. The Bertz CT molecular complexity index is 1330. The molecule has 2 aliphatic rings. The van der Waals surface area contributed by atoms with Crippen molar-refractivity contribution in [2.75, 3.05) is 0 Å². The molecule has 7 nitrogen and oxygen atoms in total. The van der Waals surface area contributed by atoms with E-state index in [1.165, 1.54) is 26.0 Å². The molecule has 0 spiro atoms. The van der Waals surface area contributed by atoms with Gasteiger partial charge < -0.3 is 14.0 Å². The van der Waals surface area contributed by atoms with Crippen LogP contribution in [0.5, 0.6) is 11.5 Å². The molecule has 31 heavy (non-hydrogen) atoms. The molecule has 2 heterocycles. The summed E-state index contributed by atoms with van der Waals surface area (Å²) >= 11 is 0. The zero-order valence-electron chi connectivity index (χ0n) is 16.9. The quantitative estimate of drug-likeness (QED) is 0.325. The lowest BCUT2D eigenvalue weighted by Crippen LogP contribution is -2.24. The van der Waals surface area contributed by atoms with Crippen molar-refractivity contribution < 1.29 is 28.7 Å². The molecule has 0 amide bonds. The Morgan fingerprint density at radius 1 is 0.806 bits per heavy atom. The van der Waals surface area contributed by atoms with E-state index in [-0.39, 0.29) is 28.2 Å². The van der Waals surface area contributed by atoms with Gasteiger partial charge in [-0.15, -0.1) is 0 Å². The summed E-state index contributed by atoms with van der Waals surface area (Å²) in [6, 6.07) is 10.6. The predicted octanol–water partition coefficient (Wildman–Crippen LogP) is 3.07. The summed E-state index contributed by atoms with van der Waals surface area (Å²) in [5, 5.41) is 0. The highest BCUT2D eigenvalue weighted by atomic mass is 16.5. The van der Waals surface area contributed by atoms with E-state index < -0.39 is 23.5 Å². The van der Waals surface area contributed by atoms with Gasteiger partial charge in [0.05, 0.1) is 22.3 Å². The van der Waals surface area contributed by atoms with Crippen molar-refractivity contribution in [3.8, 4) is 11.5 Å². The second-order valence-electron chi connectivity index (χ2n) is 7.60. The maximum Gasteiger partial charge on any atom is 0.308 e. The Kier molecular flexibility index (Phi) is 4.15. The van der Waals surface area contributed by atoms with Gasteiger partial charge in [0.2, 0.25) is 0 Å². The van der Waals surface area contributed by atoms with Gasteiger partial charge in [0.1, 0.15) is 11.5 Å². The molecule has 5 rings (SSSR count). The normalized spacial score (nSPS) is 13.6. The minimum Gasteiger partial charge on any atom is -0.426 e. The molecule has 0 saturated carbocycles. The van der Waals surface area contributed by atoms with Crippen LogP contribution in [0.3, 0.4) is 0 Å². The molecule has 154 valence electrons. The van der Waals surface area contributed by atoms with Gasteiger partial charge in [-0.3, -0.25) is 19.2 Å². The van der Waals surface area contributed by atoms with Gasteiger partial charge in [-0.25, -0.2) is 0 Å². The molecule has 0 bridgehead atoms. The topological polar surface area (TPSA) is 91.7 Å². The smallest absolute Gasteiger partial charge is 0.308 e. The first kappa shape index (κ1) is 19.0. The average molecular weight is 415 g/mol. The lowest BCUT2D eigenvalue weighted by Gasteiger charge is -2.22. The number of benzene rings is 2. The second kappa shape index (κ2) is 6.77. The summed E-state index contributed by atoms with van der Waals surface area (Å²) in [6.07, 6.45) is 2.19. The van der Waals surface area contributed by atoms with Crippen LogP contribution in [0.4, 0.5) is 0 Å². The molecule has 0 atom stereocenters. The van der Waals surface area contributed by atoms with Crippen LogP contribution in [0.1, 0.15) is 62.5 Å². The lowest BCUT2D eigenvalue weighted by atomic mass is 9.83. The van der Waals surface area contributed by atoms with Crippen molar-refractivity contribution in [2.45, 2.75) is 26.8 Å². The zero-order valence-corrected chi connectivity index (χ0v) is 16.9. The number of ketones is 2. The number of aromatic nitrogens is 1. The van der Waals surface area contributed by atoms with Crippen LogP contribution in [0.2, 0.25) is 0 Å².